The lowest BCUT2D eigenvalue weighted by atomic mass is 10.1. The molecular weight excluding hydrogens is 314 g/mol. The average molecular weight is 333 g/mol. The smallest absolute Gasteiger partial charge is 0.256 e. The Labute approximate surface area is 146 Å². The maximum Gasteiger partial charge on any atom is 0.256 e. The molecule has 2 heterocycles. The van der Waals surface area contributed by atoms with Gasteiger partial charge in [-0.1, -0.05) is 12.1 Å². The zero-order chi connectivity index (χ0) is 17.6. The Balaban J connectivity index is 1.60. The summed E-state index contributed by atoms with van der Waals surface area (Å²) in [4.78, 5) is 16.3. The second kappa shape index (κ2) is 7.53. The molecule has 1 aromatic carbocycles. The van der Waals surface area contributed by atoms with Gasteiger partial charge in [0.15, 0.2) is 5.82 Å². The second-order valence-corrected chi connectivity index (χ2v) is 5.77. The van der Waals surface area contributed by atoms with Crippen LogP contribution in [0, 0.1) is 13.8 Å². The third kappa shape index (κ3) is 4.38. The van der Waals surface area contributed by atoms with Crippen LogP contribution in [0.1, 0.15) is 27.0 Å². The summed E-state index contributed by atoms with van der Waals surface area (Å²) in [5.41, 5.74) is 3.88. The molecule has 0 aliphatic carbocycles. The number of nitrogens with zero attached hydrogens (tertiary/aromatic N) is 3. The van der Waals surface area contributed by atoms with E-state index in [1.807, 2.05) is 38.1 Å². The van der Waals surface area contributed by atoms with Crippen LogP contribution in [0.25, 0.3) is 0 Å². The minimum atomic E-state index is -0.200. The zero-order valence-electron chi connectivity index (χ0n) is 14.2. The average Bonchev–Trinajstić information content (AvgIpc) is 2.64. The highest BCUT2D eigenvalue weighted by Gasteiger charge is 2.08. The van der Waals surface area contributed by atoms with Crippen molar-refractivity contribution in [1.29, 1.82) is 0 Å². The fraction of sp³-hybridized carbons (Fsp3) is 0.158. The molecule has 0 unspecified atom stereocenters. The molecule has 0 atom stereocenters. The highest BCUT2D eigenvalue weighted by atomic mass is 16.1. The Hall–Kier alpha value is -3.28. The van der Waals surface area contributed by atoms with Gasteiger partial charge in [-0.2, -0.15) is 0 Å². The van der Waals surface area contributed by atoms with Crippen molar-refractivity contribution in [2.75, 3.05) is 10.6 Å². The summed E-state index contributed by atoms with van der Waals surface area (Å²) in [6.45, 7) is 4.60. The zero-order valence-corrected chi connectivity index (χ0v) is 14.2. The number of hydrogen-bond acceptors (Lipinski definition) is 5. The van der Waals surface area contributed by atoms with Crippen LogP contribution in [0.4, 0.5) is 11.6 Å². The molecule has 0 saturated carbocycles. The van der Waals surface area contributed by atoms with Crippen molar-refractivity contribution in [3.05, 3.63) is 77.1 Å². The molecule has 2 aromatic heterocycles. The largest absolute Gasteiger partial charge is 0.364 e. The molecule has 1 amide bonds. The van der Waals surface area contributed by atoms with Crippen molar-refractivity contribution in [1.82, 2.24) is 15.2 Å². The first-order chi connectivity index (χ1) is 12.1. The molecule has 2 N–H and O–H groups in total. The lowest BCUT2D eigenvalue weighted by Gasteiger charge is -2.08. The van der Waals surface area contributed by atoms with Gasteiger partial charge in [0.1, 0.15) is 5.82 Å². The van der Waals surface area contributed by atoms with Gasteiger partial charge in [0, 0.05) is 24.5 Å². The maximum atomic E-state index is 12.3. The summed E-state index contributed by atoms with van der Waals surface area (Å²) in [7, 11) is 0. The number of pyridine rings is 1. The summed E-state index contributed by atoms with van der Waals surface area (Å²) in [6.07, 6.45) is 3.52. The van der Waals surface area contributed by atoms with E-state index in [0.29, 0.717) is 23.7 Å². The van der Waals surface area contributed by atoms with E-state index in [1.165, 1.54) is 0 Å². The second-order valence-electron chi connectivity index (χ2n) is 5.77. The van der Waals surface area contributed by atoms with E-state index in [9.17, 15) is 4.79 Å². The van der Waals surface area contributed by atoms with E-state index in [2.05, 4.69) is 25.8 Å². The third-order valence-electron chi connectivity index (χ3n) is 3.87. The van der Waals surface area contributed by atoms with Gasteiger partial charge in [0.05, 0.1) is 0 Å². The Morgan fingerprint density at radius 1 is 1.00 bits per heavy atom. The molecule has 6 heteroatoms. The summed E-state index contributed by atoms with van der Waals surface area (Å²) in [6, 6.07) is 13.0. The van der Waals surface area contributed by atoms with E-state index in [-0.39, 0.29) is 5.91 Å². The van der Waals surface area contributed by atoms with Crippen molar-refractivity contribution in [3.63, 3.8) is 0 Å². The fourth-order valence-corrected chi connectivity index (χ4v) is 2.26. The lowest BCUT2D eigenvalue weighted by molar-refractivity contribution is 0.102. The quantitative estimate of drug-likeness (QED) is 0.748. The van der Waals surface area contributed by atoms with Crippen molar-refractivity contribution < 1.29 is 4.79 Å². The first-order valence-corrected chi connectivity index (χ1v) is 7.97. The Morgan fingerprint density at radius 3 is 2.48 bits per heavy atom. The molecule has 0 fully saturated rings. The van der Waals surface area contributed by atoms with Crippen LogP contribution in [-0.2, 0) is 6.54 Å². The van der Waals surface area contributed by atoms with E-state index >= 15 is 0 Å². The molecular formula is C19H19N5O. The van der Waals surface area contributed by atoms with Crippen LogP contribution in [-0.4, -0.2) is 21.1 Å². The van der Waals surface area contributed by atoms with Gasteiger partial charge in [-0.15, -0.1) is 10.2 Å². The van der Waals surface area contributed by atoms with Crippen LogP contribution in [0.2, 0.25) is 0 Å². The summed E-state index contributed by atoms with van der Waals surface area (Å²) >= 11 is 0. The van der Waals surface area contributed by atoms with Gasteiger partial charge < -0.3 is 10.6 Å². The summed E-state index contributed by atoms with van der Waals surface area (Å²) < 4.78 is 0. The monoisotopic (exact) mass is 333 g/mol. The number of amides is 1. The predicted molar refractivity (Wildman–Crippen MR) is 97.5 cm³/mol. The number of anilines is 2. The van der Waals surface area contributed by atoms with Gasteiger partial charge in [-0.3, -0.25) is 9.78 Å². The fourth-order valence-electron chi connectivity index (χ4n) is 2.26. The molecule has 3 rings (SSSR count). The number of nitrogens with one attached hydrogen (secondary N) is 2. The van der Waals surface area contributed by atoms with Crippen LogP contribution < -0.4 is 10.6 Å². The predicted octanol–water partition coefficient (Wildman–Crippen LogP) is 3.35. The van der Waals surface area contributed by atoms with Crippen molar-refractivity contribution >= 4 is 17.5 Å². The Bertz CT molecular complexity index is 863. The Kier molecular flexibility index (Phi) is 4.99. The summed E-state index contributed by atoms with van der Waals surface area (Å²) in [5, 5.41) is 14.0. The minimum absolute atomic E-state index is 0.200. The van der Waals surface area contributed by atoms with Crippen LogP contribution in [0.3, 0.4) is 0 Å². The third-order valence-corrected chi connectivity index (χ3v) is 3.87. The standard InChI is InChI=1S/C19H19N5O/c1-13-5-6-16(10-14(13)2)19(25)22-18-8-7-17(23-24-18)21-12-15-4-3-9-20-11-15/h3-11H,12H2,1-2H3,(H,21,23)(H,22,24,25). The first-order valence-electron chi connectivity index (χ1n) is 7.97. The van der Waals surface area contributed by atoms with Crippen LogP contribution in [0.5, 0.6) is 0 Å². The number of carbonyl (C=O) groups is 1. The number of carbonyl (C=O) groups excluding carboxylic acids is 1. The van der Waals surface area contributed by atoms with Gasteiger partial charge in [0.2, 0.25) is 0 Å². The lowest BCUT2D eigenvalue weighted by Crippen LogP contribution is -2.14. The van der Waals surface area contributed by atoms with Crippen LogP contribution in [0.15, 0.2) is 54.9 Å². The van der Waals surface area contributed by atoms with Gasteiger partial charge in [0.25, 0.3) is 5.91 Å². The number of aromatic nitrogens is 3. The molecule has 0 spiro atoms. The molecule has 0 radical (unpaired) electrons. The molecule has 126 valence electrons. The normalized spacial score (nSPS) is 10.3. The molecule has 0 saturated heterocycles. The van der Waals surface area contributed by atoms with Gasteiger partial charge in [-0.05, 0) is 60.9 Å². The number of rotatable bonds is 5. The molecule has 3 aromatic rings. The number of benzene rings is 1. The van der Waals surface area contributed by atoms with Gasteiger partial charge in [-0.25, -0.2) is 0 Å². The summed E-state index contributed by atoms with van der Waals surface area (Å²) in [5.74, 6) is 0.844. The molecule has 25 heavy (non-hydrogen) atoms. The molecule has 0 aliphatic rings. The van der Waals surface area contributed by atoms with Crippen LogP contribution >= 0.6 is 0 Å². The minimum Gasteiger partial charge on any atom is -0.364 e. The van der Waals surface area contributed by atoms with Gasteiger partial charge >= 0.3 is 0 Å². The van der Waals surface area contributed by atoms with E-state index < -0.39 is 0 Å². The highest BCUT2D eigenvalue weighted by molar-refractivity contribution is 6.03. The topological polar surface area (TPSA) is 79.8 Å². The van der Waals surface area contributed by atoms with Crippen molar-refractivity contribution in [3.8, 4) is 0 Å². The molecule has 0 bridgehead atoms. The molecule has 0 aliphatic heterocycles. The first kappa shape index (κ1) is 16.6. The van der Waals surface area contributed by atoms with E-state index in [0.717, 1.165) is 16.7 Å². The van der Waals surface area contributed by atoms with E-state index in [1.54, 1.807) is 30.6 Å². The van der Waals surface area contributed by atoms with E-state index in [4.69, 9.17) is 0 Å². The van der Waals surface area contributed by atoms with Crippen molar-refractivity contribution in [2.45, 2.75) is 20.4 Å². The van der Waals surface area contributed by atoms with Crippen molar-refractivity contribution in [2.24, 2.45) is 0 Å². The maximum absolute atomic E-state index is 12.3. The Morgan fingerprint density at radius 2 is 1.80 bits per heavy atom. The number of hydrogen-bond donors (Lipinski definition) is 2. The SMILES string of the molecule is Cc1ccc(C(=O)Nc2ccc(NCc3cccnc3)nn2)cc1C. The molecule has 6 nitrogen and oxygen atoms in total. The highest BCUT2D eigenvalue weighted by Crippen LogP contribution is 2.13. The number of aryl methyl sites for hydroxylation is 2.